The molecule has 0 aliphatic carbocycles. The quantitative estimate of drug-likeness (QED) is 0.794. The molecule has 0 bridgehead atoms. The van der Waals surface area contributed by atoms with Crippen LogP contribution in [0.5, 0.6) is 0 Å². The number of benzene rings is 1. The summed E-state index contributed by atoms with van der Waals surface area (Å²) in [6.07, 6.45) is 0. The van der Waals surface area contributed by atoms with E-state index in [9.17, 15) is 14.4 Å². The largest absolute Gasteiger partial charge is 0.352 e. The Morgan fingerprint density at radius 2 is 1.90 bits per heavy atom. The number of urea groups is 1. The van der Waals surface area contributed by atoms with Gasteiger partial charge in [0.25, 0.3) is 5.91 Å². The highest BCUT2D eigenvalue weighted by molar-refractivity contribution is 6.42. The molecule has 4 amide bonds. The molecule has 2 heterocycles. The Morgan fingerprint density at radius 1 is 1.15 bits per heavy atom. The summed E-state index contributed by atoms with van der Waals surface area (Å²) < 4.78 is 0. The van der Waals surface area contributed by atoms with Gasteiger partial charge in [-0.3, -0.25) is 9.59 Å². The van der Waals surface area contributed by atoms with Gasteiger partial charge in [-0.15, -0.1) is 0 Å². The third kappa shape index (κ3) is 1.92. The van der Waals surface area contributed by atoms with Gasteiger partial charge < -0.3 is 10.2 Å². The van der Waals surface area contributed by atoms with E-state index >= 15 is 0 Å². The van der Waals surface area contributed by atoms with Crippen molar-refractivity contribution in [3.63, 3.8) is 0 Å². The number of fused-ring (bicyclic) bond motifs is 1. The molecule has 104 valence electrons. The highest BCUT2D eigenvalue weighted by atomic mass is 35.5. The van der Waals surface area contributed by atoms with Crippen LogP contribution in [0.4, 0.5) is 10.5 Å². The van der Waals surface area contributed by atoms with E-state index in [4.69, 9.17) is 23.2 Å². The molecular weight excluding hydrogens is 305 g/mol. The van der Waals surface area contributed by atoms with Crippen molar-refractivity contribution in [2.24, 2.45) is 0 Å². The maximum Gasteiger partial charge on any atom is 0.332 e. The van der Waals surface area contributed by atoms with Crippen LogP contribution >= 0.6 is 23.2 Å². The molecule has 0 radical (unpaired) electrons. The van der Waals surface area contributed by atoms with Crippen molar-refractivity contribution in [1.29, 1.82) is 0 Å². The number of carbonyl (C=O) groups is 3. The zero-order valence-electron chi connectivity index (χ0n) is 10.1. The number of nitrogens with zero attached hydrogens (tertiary/aromatic N) is 2. The van der Waals surface area contributed by atoms with Gasteiger partial charge in [0.05, 0.1) is 15.7 Å². The predicted octanol–water partition coefficient (Wildman–Crippen LogP) is 1.26. The van der Waals surface area contributed by atoms with Crippen LogP contribution in [-0.4, -0.2) is 41.9 Å². The van der Waals surface area contributed by atoms with Crippen LogP contribution in [0.1, 0.15) is 0 Å². The summed E-state index contributed by atoms with van der Waals surface area (Å²) in [6.45, 7) is 0.00822. The molecule has 2 saturated heterocycles. The van der Waals surface area contributed by atoms with Crippen LogP contribution in [0.3, 0.4) is 0 Å². The van der Waals surface area contributed by atoms with Crippen LogP contribution in [0.2, 0.25) is 10.0 Å². The monoisotopic (exact) mass is 313 g/mol. The second kappa shape index (κ2) is 4.64. The maximum absolute atomic E-state index is 12.3. The van der Waals surface area contributed by atoms with Gasteiger partial charge in [-0.25, -0.2) is 9.69 Å². The number of anilines is 1. The Kier molecular flexibility index (Phi) is 3.07. The lowest BCUT2D eigenvalue weighted by molar-refractivity contribution is -0.126. The van der Waals surface area contributed by atoms with Crippen LogP contribution in [0, 0.1) is 0 Å². The summed E-state index contributed by atoms with van der Waals surface area (Å²) in [5, 5.41) is 3.16. The van der Waals surface area contributed by atoms with Gasteiger partial charge in [0.2, 0.25) is 5.91 Å². The highest BCUT2D eigenvalue weighted by Crippen LogP contribution is 2.31. The predicted molar refractivity (Wildman–Crippen MR) is 72.8 cm³/mol. The molecule has 1 N–H and O–H groups in total. The van der Waals surface area contributed by atoms with E-state index in [2.05, 4.69) is 5.32 Å². The van der Waals surface area contributed by atoms with E-state index in [1.807, 2.05) is 0 Å². The lowest BCUT2D eigenvalue weighted by Gasteiger charge is -2.26. The average Bonchev–Trinajstić information content (AvgIpc) is 2.65. The van der Waals surface area contributed by atoms with E-state index in [0.29, 0.717) is 10.7 Å². The van der Waals surface area contributed by atoms with E-state index in [0.717, 1.165) is 4.90 Å². The third-order valence-electron chi connectivity index (χ3n) is 3.29. The van der Waals surface area contributed by atoms with Crippen molar-refractivity contribution >= 4 is 46.7 Å². The van der Waals surface area contributed by atoms with Crippen molar-refractivity contribution < 1.29 is 14.4 Å². The number of carbonyl (C=O) groups excluding carboxylic acids is 3. The molecule has 8 heteroatoms. The molecule has 1 atom stereocenters. The summed E-state index contributed by atoms with van der Waals surface area (Å²) in [4.78, 5) is 38.2. The van der Waals surface area contributed by atoms with E-state index in [1.54, 1.807) is 0 Å². The van der Waals surface area contributed by atoms with Crippen molar-refractivity contribution in [1.82, 2.24) is 10.2 Å². The Labute approximate surface area is 124 Å². The summed E-state index contributed by atoms with van der Waals surface area (Å²) in [7, 11) is 0. The molecule has 1 aromatic rings. The normalized spacial score (nSPS) is 22.1. The number of rotatable bonds is 1. The summed E-state index contributed by atoms with van der Waals surface area (Å²) in [5.74, 6) is -0.660. The van der Waals surface area contributed by atoms with Gasteiger partial charge in [0.15, 0.2) is 0 Å². The molecule has 1 aromatic carbocycles. The Balaban J connectivity index is 1.98. The highest BCUT2D eigenvalue weighted by Gasteiger charge is 2.48. The van der Waals surface area contributed by atoms with E-state index in [1.165, 1.54) is 23.1 Å². The van der Waals surface area contributed by atoms with E-state index < -0.39 is 12.1 Å². The van der Waals surface area contributed by atoms with Crippen molar-refractivity contribution in [2.45, 2.75) is 6.04 Å². The maximum atomic E-state index is 12.3. The van der Waals surface area contributed by atoms with Gasteiger partial charge in [-0.2, -0.15) is 0 Å². The van der Waals surface area contributed by atoms with Crippen molar-refractivity contribution in [3.8, 4) is 0 Å². The first-order chi connectivity index (χ1) is 9.49. The fourth-order valence-corrected chi connectivity index (χ4v) is 2.59. The summed E-state index contributed by atoms with van der Waals surface area (Å²) in [6, 6.07) is 3.33. The fraction of sp³-hybridized carbons (Fsp3) is 0.250. The minimum Gasteiger partial charge on any atom is -0.352 e. The van der Waals surface area contributed by atoms with Crippen LogP contribution in [-0.2, 0) is 9.59 Å². The SMILES string of the molecule is O=C1CN2C(=O)N(c3ccc(Cl)c(Cl)c3)C(=O)C2CN1. The Bertz CT molecular complexity index is 634. The zero-order valence-corrected chi connectivity index (χ0v) is 11.6. The standard InChI is InChI=1S/C12H9Cl2N3O3/c13-7-2-1-6(3-8(7)14)17-11(19)9-4-15-10(18)5-16(9)12(17)20/h1-3,9H,4-5H2,(H,15,18). The molecule has 0 aromatic heterocycles. The van der Waals surface area contributed by atoms with Gasteiger partial charge in [0.1, 0.15) is 12.6 Å². The van der Waals surface area contributed by atoms with Crippen LogP contribution < -0.4 is 10.2 Å². The molecule has 2 aliphatic rings. The number of nitrogens with one attached hydrogen (secondary N) is 1. The lowest BCUT2D eigenvalue weighted by atomic mass is 10.2. The van der Waals surface area contributed by atoms with Gasteiger partial charge >= 0.3 is 6.03 Å². The minimum atomic E-state index is -0.658. The third-order valence-corrected chi connectivity index (χ3v) is 4.03. The lowest BCUT2D eigenvalue weighted by Crippen LogP contribution is -2.54. The molecule has 3 rings (SSSR count). The number of amides is 4. The Morgan fingerprint density at radius 3 is 2.60 bits per heavy atom. The number of hydrogen-bond acceptors (Lipinski definition) is 3. The molecule has 6 nitrogen and oxygen atoms in total. The summed E-state index contributed by atoms with van der Waals surface area (Å²) in [5.41, 5.74) is 0.344. The number of imide groups is 1. The minimum absolute atomic E-state index is 0.118. The number of halogens is 2. The topological polar surface area (TPSA) is 69.7 Å². The average molecular weight is 314 g/mol. The summed E-state index contributed by atoms with van der Waals surface area (Å²) >= 11 is 11.7. The molecule has 2 fully saturated rings. The molecule has 2 aliphatic heterocycles. The fourth-order valence-electron chi connectivity index (χ4n) is 2.30. The first-order valence-electron chi connectivity index (χ1n) is 5.85. The second-order valence-corrected chi connectivity index (χ2v) is 5.32. The molecule has 20 heavy (non-hydrogen) atoms. The first-order valence-corrected chi connectivity index (χ1v) is 6.61. The Hall–Kier alpha value is -1.79. The number of hydrogen-bond donors (Lipinski definition) is 1. The first kappa shape index (κ1) is 13.2. The smallest absolute Gasteiger partial charge is 0.332 e. The van der Waals surface area contributed by atoms with Crippen molar-refractivity contribution in [3.05, 3.63) is 28.2 Å². The second-order valence-electron chi connectivity index (χ2n) is 4.50. The van der Waals surface area contributed by atoms with Gasteiger partial charge in [-0.05, 0) is 18.2 Å². The van der Waals surface area contributed by atoms with Crippen LogP contribution in [0.15, 0.2) is 18.2 Å². The van der Waals surface area contributed by atoms with Crippen molar-refractivity contribution in [2.75, 3.05) is 18.0 Å². The zero-order chi connectivity index (χ0) is 14.4. The number of piperazine rings is 1. The van der Waals surface area contributed by atoms with Gasteiger partial charge in [-0.1, -0.05) is 23.2 Å². The van der Waals surface area contributed by atoms with Gasteiger partial charge in [0, 0.05) is 6.54 Å². The molecule has 1 unspecified atom stereocenters. The van der Waals surface area contributed by atoms with Crippen LogP contribution in [0.25, 0.3) is 0 Å². The molecular formula is C12H9Cl2N3O3. The molecule has 0 saturated carbocycles. The molecule has 0 spiro atoms. The van der Waals surface area contributed by atoms with E-state index in [-0.39, 0.29) is 29.9 Å².